The maximum atomic E-state index is 11.8. The number of nitrogens with zero attached hydrogens (tertiary/aromatic N) is 4. The quantitative estimate of drug-likeness (QED) is 0.792. The Bertz CT molecular complexity index is 388. The Balaban J connectivity index is 1.98. The van der Waals surface area contributed by atoms with Crippen LogP contribution in [0.4, 0.5) is 5.95 Å². The lowest BCUT2D eigenvalue weighted by Crippen LogP contribution is -2.42. The van der Waals surface area contributed by atoms with Crippen LogP contribution in [0.25, 0.3) is 0 Å². The van der Waals surface area contributed by atoms with Gasteiger partial charge in [-0.25, -0.2) is 4.68 Å². The van der Waals surface area contributed by atoms with Gasteiger partial charge >= 0.3 is 0 Å². The highest BCUT2D eigenvalue weighted by atomic mass is 79.9. The second-order valence-electron chi connectivity index (χ2n) is 3.39. The highest BCUT2D eigenvalue weighted by Crippen LogP contribution is 2.08. The Kier molecular flexibility index (Phi) is 3.39. The van der Waals surface area contributed by atoms with Gasteiger partial charge in [-0.2, -0.15) is 4.98 Å². The van der Waals surface area contributed by atoms with Gasteiger partial charge in [-0.05, 0) is 15.9 Å². The molecule has 7 nitrogen and oxygen atoms in total. The molecule has 2 rings (SSSR count). The van der Waals surface area contributed by atoms with Gasteiger partial charge in [0.2, 0.25) is 11.9 Å². The van der Waals surface area contributed by atoms with E-state index in [-0.39, 0.29) is 18.4 Å². The summed E-state index contributed by atoms with van der Waals surface area (Å²) in [5.74, 6) is 0.149. The molecule has 16 heavy (non-hydrogen) atoms. The number of ether oxygens (including phenoxy) is 1. The number of hydrogen-bond donors (Lipinski definition) is 1. The lowest BCUT2D eigenvalue weighted by Gasteiger charge is -2.26. The molecule has 1 aliphatic rings. The lowest BCUT2D eigenvalue weighted by molar-refractivity contribution is -0.136. The molecule has 0 saturated carbocycles. The Morgan fingerprint density at radius 3 is 2.75 bits per heavy atom. The summed E-state index contributed by atoms with van der Waals surface area (Å²) in [5.41, 5.74) is 5.42. The van der Waals surface area contributed by atoms with Crippen LogP contribution in [-0.4, -0.2) is 51.9 Å². The van der Waals surface area contributed by atoms with Crippen LogP contribution in [0.2, 0.25) is 0 Å². The first-order chi connectivity index (χ1) is 7.66. The summed E-state index contributed by atoms with van der Waals surface area (Å²) in [5, 5.41) is 3.90. The van der Waals surface area contributed by atoms with Crippen molar-refractivity contribution < 1.29 is 9.53 Å². The molecule has 0 aliphatic carbocycles. The molecule has 8 heteroatoms. The van der Waals surface area contributed by atoms with Gasteiger partial charge in [0.25, 0.3) is 0 Å². The number of rotatable bonds is 2. The predicted molar refractivity (Wildman–Crippen MR) is 59.5 cm³/mol. The first-order valence-corrected chi connectivity index (χ1v) is 5.67. The number of carbonyl (C=O) groups excluding carboxylic acids is 1. The van der Waals surface area contributed by atoms with Gasteiger partial charge < -0.3 is 15.4 Å². The van der Waals surface area contributed by atoms with Crippen LogP contribution in [0, 0.1) is 0 Å². The number of morpholine rings is 1. The molecule has 1 fully saturated rings. The molecule has 88 valence electrons. The predicted octanol–water partition coefficient (Wildman–Crippen LogP) is -0.518. The molecule has 0 bridgehead atoms. The minimum Gasteiger partial charge on any atom is -0.378 e. The fourth-order valence-corrected chi connectivity index (χ4v) is 1.87. The van der Waals surface area contributed by atoms with Crippen LogP contribution in [-0.2, 0) is 16.1 Å². The lowest BCUT2D eigenvalue weighted by atomic mass is 10.4. The third kappa shape index (κ3) is 2.50. The van der Waals surface area contributed by atoms with Crippen molar-refractivity contribution in [2.45, 2.75) is 6.54 Å². The van der Waals surface area contributed by atoms with E-state index in [0.29, 0.717) is 31.0 Å². The molecule has 0 atom stereocenters. The van der Waals surface area contributed by atoms with Crippen LogP contribution in [0.15, 0.2) is 4.73 Å². The van der Waals surface area contributed by atoms with E-state index < -0.39 is 0 Å². The molecule has 2 N–H and O–H groups in total. The standard InChI is InChI=1S/C8H12BrN5O2/c9-7-11-8(10)12-14(7)5-6(15)13-1-3-16-4-2-13/h1-5H2,(H2,10,12). The van der Waals surface area contributed by atoms with Gasteiger partial charge in [-0.1, -0.05) is 0 Å². The van der Waals surface area contributed by atoms with Crippen LogP contribution >= 0.6 is 15.9 Å². The molecule has 0 radical (unpaired) electrons. The van der Waals surface area contributed by atoms with E-state index in [4.69, 9.17) is 10.5 Å². The fourth-order valence-electron chi connectivity index (χ4n) is 1.48. The van der Waals surface area contributed by atoms with Gasteiger partial charge in [0.05, 0.1) is 13.2 Å². The molecule has 1 aliphatic heterocycles. The van der Waals surface area contributed by atoms with Gasteiger partial charge in [0, 0.05) is 13.1 Å². The van der Waals surface area contributed by atoms with E-state index >= 15 is 0 Å². The topological polar surface area (TPSA) is 86.3 Å². The number of nitrogens with two attached hydrogens (primary N) is 1. The monoisotopic (exact) mass is 289 g/mol. The van der Waals surface area contributed by atoms with E-state index in [0.717, 1.165) is 0 Å². The van der Waals surface area contributed by atoms with E-state index in [2.05, 4.69) is 26.0 Å². The Morgan fingerprint density at radius 1 is 1.50 bits per heavy atom. The van der Waals surface area contributed by atoms with Gasteiger partial charge in [-0.3, -0.25) is 4.79 Å². The number of nitrogen functional groups attached to an aromatic ring is 1. The second kappa shape index (κ2) is 4.79. The van der Waals surface area contributed by atoms with Crippen LogP contribution in [0.5, 0.6) is 0 Å². The zero-order chi connectivity index (χ0) is 11.5. The molecule has 2 heterocycles. The van der Waals surface area contributed by atoms with Crippen molar-refractivity contribution in [2.75, 3.05) is 32.0 Å². The first kappa shape index (κ1) is 11.3. The van der Waals surface area contributed by atoms with Crippen LogP contribution in [0.1, 0.15) is 0 Å². The summed E-state index contributed by atoms with van der Waals surface area (Å²) in [6, 6.07) is 0. The highest BCUT2D eigenvalue weighted by molar-refractivity contribution is 9.10. The van der Waals surface area contributed by atoms with E-state index in [1.807, 2.05) is 0 Å². The molecule has 1 amide bonds. The van der Waals surface area contributed by atoms with E-state index in [9.17, 15) is 4.79 Å². The number of carbonyl (C=O) groups is 1. The molecular weight excluding hydrogens is 278 g/mol. The van der Waals surface area contributed by atoms with Crippen molar-refractivity contribution in [3.05, 3.63) is 4.73 Å². The first-order valence-electron chi connectivity index (χ1n) is 4.88. The van der Waals surface area contributed by atoms with E-state index in [1.54, 1.807) is 4.90 Å². The average Bonchev–Trinajstić information content (AvgIpc) is 2.59. The summed E-state index contributed by atoms with van der Waals surface area (Å²) in [6.45, 7) is 2.57. The maximum Gasteiger partial charge on any atom is 0.244 e. The normalized spacial score (nSPS) is 16.4. The van der Waals surface area contributed by atoms with Gasteiger partial charge in [-0.15, -0.1) is 5.10 Å². The summed E-state index contributed by atoms with van der Waals surface area (Å²) >= 11 is 3.18. The number of halogens is 1. The zero-order valence-corrected chi connectivity index (χ0v) is 10.2. The van der Waals surface area contributed by atoms with Crippen molar-refractivity contribution in [3.8, 4) is 0 Å². The zero-order valence-electron chi connectivity index (χ0n) is 8.60. The van der Waals surface area contributed by atoms with Crippen molar-refractivity contribution >= 4 is 27.8 Å². The Labute approximate surface area is 101 Å². The molecule has 1 aromatic rings. The molecule has 1 saturated heterocycles. The molecule has 0 spiro atoms. The minimum absolute atomic E-state index is 0.00565. The highest BCUT2D eigenvalue weighted by Gasteiger charge is 2.18. The molecule has 1 aromatic heterocycles. The van der Waals surface area contributed by atoms with Crippen molar-refractivity contribution in [3.63, 3.8) is 0 Å². The summed E-state index contributed by atoms with van der Waals surface area (Å²) in [7, 11) is 0. The largest absolute Gasteiger partial charge is 0.378 e. The van der Waals surface area contributed by atoms with Crippen LogP contribution < -0.4 is 5.73 Å². The smallest absolute Gasteiger partial charge is 0.244 e. The average molecular weight is 290 g/mol. The van der Waals surface area contributed by atoms with Crippen molar-refractivity contribution in [1.29, 1.82) is 0 Å². The van der Waals surface area contributed by atoms with Crippen molar-refractivity contribution in [1.82, 2.24) is 19.7 Å². The van der Waals surface area contributed by atoms with Gasteiger partial charge in [0.1, 0.15) is 6.54 Å². The molecule has 0 aromatic carbocycles. The van der Waals surface area contributed by atoms with Gasteiger partial charge in [0.15, 0.2) is 4.73 Å². The summed E-state index contributed by atoms with van der Waals surface area (Å²) in [6.07, 6.45) is 0. The van der Waals surface area contributed by atoms with E-state index in [1.165, 1.54) is 4.68 Å². The minimum atomic E-state index is -0.00565. The summed E-state index contributed by atoms with van der Waals surface area (Å²) < 4.78 is 7.07. The Hall–Kier alpha value is -1.15. The molecular formula is C8H12BrN5O2. The van der Waals surface area contributed by atoms with Crippen molar-refractivity contribution in [2.24, 2.45) is 0 Å². The number of aromatic nitrogens is 3. The number of amides is 1. The number of hydrogen-bond acceptors (Lipinski definition) is 5. The SMILES string of the molecule is Nc1nc(Br)n(CC(=O)N2CCOCC2)n1. The maximum absolute atomic E-state index is 11.8. The molecule has 0 unspecified atom stereocenters. The number of anilines is 1. The third-order valence-corrected chi connectivity index (χ3v) is 2.88. The summed E-state index contributed by atoms with van der Waals surface area (Å²) in [4.78, 5) is 17.5. The fraction of sp³-hybridized carbons (Fsp3) is 0.625. The Morgan fingerprint density at radius 2 is 2.19 bits per heavy atom. The van der Waals surface area contributed by atoms with Crippen LogP contribution in [0.3, 0.4) is 0 Å². The second-order valence-corrected chi connectivity index (χ2v) is 4.10. The third-order valence-electron chi connectivity index (χ3n) is 2.29.